The second kappa shape index (κ2) is 19.8. The van der Waals surface area contributed by atoms with Crippen LogP contribution in [0.4, 0.5) is 11.4 Å². The maximum Gasteiger partial charge on any atom is 0.113 e. The Labute approximate surface area is 465 Å². The Balaban J connectivity index is 0.816. The molecule has 0 amide bonds. The summed E-state index contributed by atoms with van der Waals surface area (Å²) in [5, 5.41) is 8.14. The highest BCUT2D eigenvalue weighted by Gasteiger charge is 2.38. The van der Waals surface area contributed by atoms with Crippen molar-refractivity contribution in [1.82, 2.24) is 0 Å². The first kappa shape index (κ1) is 47.8. The lowest BCUT2D eigenvalue weighted by Gasteiger charge is -2.28. The summed E-state index contributed by atoms with van der Waals surface area (Å²) in [6.07, 6.45) is 6.90. The largest absolute Gasteiger partial charge is 0.337 e. The monoisotopic (exact) mass is 1020 g/mol. The lowest BCUT2D eigenvalue weighted by Crippen LogP contribution is -2.49. The van der Waals surface area contributed by atoms with Gasteiger partial charge >= 0.3 is 0 Å². The van der Waals surface area contributed by atoms with Crippen molar-refractivity contribution in [3.63, 3.8) is 0 Å². The van der Waals surface area contributed by atoms with Gasteiger partial charge in [0.05, 0.1) is 0 Å². The van der Waals surface area contributed by atoms with E-state index in [1.165, 1.54) is 110 Å². The van der Waals surface area contributed by atoms with Gasteiger partial charge in [-0.25, -0.2) is 0 Å². The van der Waals surface area contributed by atoms with E-state index in [9.17, 15) is 0 Å². The quantitative estimate of drug-likeness (QED) is 0.108. The molecule has 79 heavy (non-hydrogen) atoms. The van der Waals surface area contributed by atoms with Crippen LogP contribution in [0.15, 0.2) is 292 Å². The second-order valence-electron chi connectivity index (χ2n) is 21.7. The highest BCUT2D eigenvalue weighted by atomic mass is 28.3. The molecular formula is C77H57NSi. The fourth-order valence-corrected chi connectivity index (χ4v) is 15.5. The first-order valence-corrected chi connectivity index (χ1v) is 30.5. The molecule has 12 aromatic carbocycles. The highest BCUT2D eigenvalue weighted by molar-refractivity contribution is 7.04. The van der Waals surface area contributed by atoms with Crippen LogP contribution >= 0.6 is 0 Å². The Morgan fingerprint density at radius 3 is 1.37 bits per heavy atom. The summed E-state index contributed by atoms with van der Waals surface area (Å²) in [7, 11) is -2.18. The number of fused-ring (bicyclic) bond motifs is 7. The lowest BCUT2D eigenvalue weighted by molar-refractivity contribution is 1.09. The van der Waals surface area contributed by atoms with Crippen LogP contribution in [0.5, 0.6) is 0 Å². The first-order valence-electron chi connectivity index (χ1n) is 27.5. The van der Waals surface area contributed by atoms with E-state index in [2.05, 4.69) is 303 Å². The summed E-state index contributed by atoms with van der Waals surface area (Å²) in [4.78, 5) is 2.50. The minimum absolute atomic E-state index is 0.688. The fraction of sp³-hybridized carbons (Fsp3) is 0.0390. The molecule has 1 nitrogen and oxygen atoms in total. The normalized spacial score (nSPS) is 14.6. The molecule has 0 saturated carbocycles. The zero-order valence-electron chi connectivity index (χ0n) is 44.5. The standard InChI is InChI=1S/C77H57NSi/c1-52-47-63(61-36-32-59(33-37-61)57-28-24-55(25-29-57)53-15-6-4-7-16-53)20-14-46-78(75-45-41-64(48-73(52)75)62-38-34-60(35-39-62)58-30-26-56(27-31-58)54-17-8-5-9-18-54)67-42-44-72-71-43-40-66(50-76(71)79(2,3)77(72)51-67)74-49-65-19-10-11-21-68(65)69-22-12-13-23-70(69)74/h4-45,47-51H,1,46H2,2-3H3/b20-14-,63-47+. The molecule has 0 spiro atoms. The van der Waals surface area contributed by atoms with Gasteiger partial charge < -0.3 is 4.90 Å². The van der Waals surface area contributed by atoms with Gasteiger partial charge in [-0.15, -0.1) is 0 Å². The van der Waals surface area contributed by atoms with Crippen molar-refractivity contribution in [1.29, 1.82) is 0 Å². The number of allylic oxidation sites excluding steroid dienone is 4. The third-order valence-electron chi connectivity index (χ3n) is 16.7. The maximum absolute atomic E-state index is 4.87. The Morgan fingerprint density at radius 2 is 0.785 bits per heavy atom. The molecule has 0 aromatic heterocycles. The van der Waals surface area contributed by atoms with Crippen LogP contribution in [-0.4, -0.2) is 14.6 Å². The van der Waals surface area contributed by atoms with Crippen LogP contribution in [0.2, 0.25) is 13.1 Å². The third kappa shape index (κ3) is 8.77. The maximum atomic E-state index is 4.87. The van der Waals surface area contributed by atoms with Gasteiger partial charge in [0.25, 0.3) is 0 Å². The molecule has 14 rings (SSSR count). The van der Waals surface area contributed by atoms with Crippen molar-refractivity contribution < 1.29 is 0 Å². The molecule has 0 atom stereocenters. The molecule has 0 bridgehead atoms. The second-order valence-corrected chi connectivity index (χ2v) is 26.0. The summed E-state index contributed by atoms with van der Waals surface area (Å²) >= 11 is 0. The Kier molecular flexibility index (Phi) is 12.0. The van der Waals surface area contributed by atoms with Gasteiger partial charge in [-0.05, 0) is 163 Å². The summed E-state index contributed by atoms with van der Waals surface area (Å²) in [6.45, 7) is 10.6. The van der Waals surface area contributed by atoms with E-state index in [4.69, 9.17) is 6.58 Å². The zero-order valence-corrected chi connectivity index (χ0v) is 45.5. The smallest absolute Gasteiger partial charge is 0.113 e. The molecule has 2 aliphatic rings. The average Bonchev–Trinajstić information content (AvgIpc) is 3.98. The summed E-state index contributed by atoms with van der Waals surface area (Å²) in [5.74, 6) is 0. The number of hydrogen-bond donors (Lipinski definition) is 0. The zero-order chi connectivity index (χ0) is 53.0. The number of rotatable bonds is 8. The van der Waals surface area contributed by atoms with Crippen LogP contribution in [0.25, 0.3) is 111 Å². The molecule has 0 fully saturated rings. The van der Waals surface area contributed by atoms with Gasteiger partial charge in [0, 0.05) is 23.5 Å². The SMILES string of the molecule is C=C1/C=C(c2ccc(-c3ccc(-c4ccccc4)cc3)cc2)\C=C/CN(c2ccc3c(c2)[Si](C)(C)c2cc(-c4cc5ccccc5c5ccccc45)ccc2-3)c2ccc(-c3ccc(-c4ccc(-c5ccccc5)cc4)cc3)cc21. The molecule has 0 radical (unpaired) electrons. The van der Waals surface area contributed by atoms with Gasteiger partial charge in [0.1, 0.15) is 8.07 Å². The first-order chi connectivity index (χ1) is 38.8. The van der Waals surface area contributed by atoms with Crippen molar-refractivity contribution >= 4 is 62.5 Å². The molecular weight excluding hydrogens is 967 g/mol. The van der Waals surface area contributed by atoms with E-state index in [0.29, 0.717) is 6.54 Å². The van der Waals surface area contributed by atoms with Crippen LogP contribution < -0.4 is 15.3 Å². The van der Waals surface area contributed by atoms with E-state index in [-0.39, 0.29) is 0 Å². The van der Waals surface area contributed by atoms with Gasteiger partial charge in [0.15, 0.2) is 0 Å². The van der Waals surface area contributed by atoms with Crippen LogP contribution in [0, 0.1) is 0 Å². The van der Waals surface area contributed by atoms with Crippen LogP contribution in [-0.2, 0) is 0 Å². The van der Waals surface area contributed by atoms with Crippen molar-refractivity contribution in [2.45, 2.75) is 13.1 Å². The van der Waals surface area contributed by atoms with Crippen molar-refractivity contribution in [2.75, 3.05) is 11.4 Å². The van der Waals surface area contributed by atoms with Crippen LogP contribution in [0.1, 0.15) is 11.1 Å². The minimum atomic E-state index is -2.18. The van der Waals surface area contributed by atoms with E-state index >= 15 is 0 Å². The van der Waals surface area contributed by atoms with Crippen molar-refractivity contribution in [3.8, 4) is 77.9 Å². The topological polar surface area (TPSA) is 3.24 Å². The van der Waals surface area contributed by atoms with E-state index in [1.807, 2.05) is 0 Å². The van der Waals surface area contributed by atoms with E-state index in [0.717, 1.165) is 33.5 Å². The van der Waals surface area contributed by atoms with Crippen molar-refractivity contribution in [3.05, 3.63) is 303 Å². The van der Waals surface area contributed by atoms with Crippen molar-refractivity contribution in [2.24, 2.45) is 0 Å². The Hall–Kier alpha value is -9.60. The number of hydrogen-bond acceptors (Lipinski definition) is 1. The Morgan fingerprint density at radius 1 is 0.342 bits per heavy atom. The number of benzene rings is 12. The highest BCUT2D eigenvalue weighted by Crippen LogP contribution is 2.42. The number of anilines is 2. The predicted octanol–water partition coefficient (Wildman–Crippen LogP) is 19.6. The molecule has 374 valence electrons. The summed E-state index contributed by atoms with van der Waals surface area (Å²) < 4.78 is 0. The van der Waals surface area contributed by atoms with Gasteiger partial charge in [-0.2, -0.15) is 0 Å². The van der Waals surface area contributed by atoms with Crippen LogP contribution in [0.3, 0.4) is 0 Å². The third-order valence-corrected chi connectivity index (χ3v) is 20.2. The average molecular weight is 1020 g/mol. The molecule has 0 saturated heterocycles. The summed E-state index contributed by atoms with van der Waals surface area (Å²) in [6, 6.07) is 98.5. The molecule has 12 aromatic rings. The Bertz CT molecular complexity index is 4370. The summed E-state index contributed by atoms with van der Waals surface area (Å²) in [5.41, 5.74) is 24.0. The molecule has 0 N–H and O–H groups in total. The molecule has 0 unspecified atom stereocenters. The predicted molar refractivity (Wildman–Crippen MR) is 342 cm³/mol. The minimum Gasteiger partial charge on any atom is -0.337 e. The van der Waals surface area contributed by atoms with Gasteiger partial charge in [-0.3, -0.25) is 0 Å². The van der Waals surface area contributed by atoms with Gasteiger partial charge in [0.2, 0.25) is 0 Å². The fourth-order valence-electron chi connectivity index (χ4n) is 12.4. The molecule has 2 heterocycles. The van der Waals surface area contributed by atoms with E-state index < -0.39 is 8.07 Å². The molecule has 0 aliphatic carbocycles. The van der Waals surface area contributed by atoms with E-state index in [1.54, 1.807) is 0 Å². The lowest BCUT2D eigenvalue weighted by atomic mass is 9.92. The van der Waals surface area contributed by atoms with Gasteiger partial charge in [-0.1, -0.05) is 268 Å². The number of nitrogens with zero attached hydrogens (tertiary/aromatic N) is 1. The molecule has 2 aliphatic heterocycles. The molecule has 2 heteroatoms.